The molecule has 5 nitrogen and oxygen atoms in total. The Bertz CT molecular complexity index is 207. The molecule has 0 heterocycles. The Kier molecular flexibility index (Phi) is 7.62. The fraction of sp³-hybridized carbons (Fsp3) is 0.800. The lowest BCUT2D eigenvalue weighted by Gasteiger charge is -2.15. The van der Waals surface area contributed by atoms with Gasteiger partial charge in [-0.1, -0.05) is 6.92 Å². The molecule has 0 bridgehead atoms. The molecular weight excluding hydrogens is 196 g/mol. The van der Waals surface area contributed by atoms with E-state index in [0.29, 0.717) is 26.0 Å². The predicted octanol–water partition coefficient (Wildman–Crippen LogP) is 0.183. The van der Waals surface area contributed by atoms with Crippen molar-refractivity contribution in [3.8, 4) is 0 Å². The highest BCUT2D eigenvalue weighted by Gasteiger charge is 2.19. The lowest BCUT2D eigenvalue weighted by Crippen LogP contribution is -2.41. The summed E-state index contributed by atoms with van der Waals surface area (Å²) in [6, 6.07) is -0.558. The molecule has 0 aromatic rings. The Morgan fingerprint density at radius 1 is 1.47 bits per heavy atom. The van der Waals surface area contributed by atoms with Gasteiger partial charge in [-0.05, 0) is 25.8 Å². The second-order valence-corrected chi connectivity index (χ2v) is 3.35. The second-order valence-electron chi connectivity index (χ2n) is 3.35. The Morgan fingerprint density at radius 3 is 2.60 bits per heavy atom. The molecule has 0 rings (SSSR count). The van der Waals surface area contributed by atoms with Crippen LogP contribution in [-0.2, 0) is 14.3 Å². The van der Waals surface area contributed by atoms with Crippen LogP contribution in [-0.4, -0.2) is 31.1 Å². The lowest BCUT2D eigenvalue weighted by molar-refractivity contribution is -0.148. The Labute approximate surface area is 90.4 Å². The highest BCUT2D eigenvalue weighted by molar-refractivity contribution is 5.83. The van der Waals surface area contributed by atoms with E-state index < -0.39 is 6.04 Å². The van der Waals surface area contributed by atoms with Crippen LogP contribution in [0.4, 0.5) is 0 Å². The third-order valence-corrected chi connectivity index (χ3v) is 1.81. The molecule has 0 unspecified atom stereocenters. The van der Waals surface area contributed by atoms with Crippen molar-refractivity contribution in [1.82, 2.24) is 5.32 Å². The van der Waals surface area contributed by atoms with Crippen LogP contribution in [0.15, 0.2) is 0 Å². The maximum absolute atomic E-state index is 11.5. The molecule has 88 valence electrons. The molecule has 0 aromatic heterocycles. The van der Waals surface area contributed by atoms with E-state index in [4.69, 9.17) is 10.5 Å². The first kappa shape index (κ1) is 13.9. The number of nitrogens with two attached hydrogens (primary N) is 1. The van der Waals surface area contributed by atoms with Crippen molar-refractivity contribution in [2.45, 2.75) is 39.2 Å². The number of hydrogen-bond acceptors (Lipinski definition) is 4. The first-order valence-corrected chi connectivity index (χ1v) is 5.25. The van der Waals surface area contributed by atoms with E-state index in [1.54, 1.807) is 0 Å². The number of carbonyl (C=O) groups excluding carboxylic acids is 2. The smallest absolute Gasteiger partial charge is 0.328 e. The highest BCUT2D eigenvalue weighted by atomic mass is 16.5. The molecule has 0 radical (unpaired) electrons. The van der Waals surface area contributed by atoms with Crippen molar-refractivity contribution in [3.63, 3.8) is 0 Å². The van der Waals surface area contributed by atoms with Gasteiger partial charge >= 0.3 is 5.97 Å². The Hall–Kier alpha value is -1.10. The van der Waals surface area contributed by atoms with Crippen molar-refractivity contribution in [2.24, 2.45) is 5.73 Å². The van der Waals surface area contributed by atoms with E-state index in [0.717, 1.165) is 6.42 Å². The summed E-state index contributed by atoms with van der Waals surface area (Å²) in [5.74, 6) is -0.606. The molecule has 0 saturated carbocycles. The summed E-state index contributed by atoms with van der Waals surface area (Å²) in [6.45, 7) is 4.18. The van der Waals surface area contributed by atoms with E-state index in [1.807, 2.05) is 6.92 Å². The number of ether oxygens (including phenoxy) is 1. The zero-order valence-corrected chi connectivity index (χ0v) is 9.41. The molecule has 15 heavy (non-hydrogen) atoms. The summed E-state index contributed by atoms with van der Waals surface area (Å²) in [4.78, 5) is 22.3. The van der Waals surface area contributed by atoms with Crippen LogP contribution in [0.2, 0.25) is 0 Å². The van der Waals surface area contributed by atoms with E-state index >= 15 is 0 Å². The van der Waals surface area contributed by atoms with Crippen LogP contribution in [0.3, 0.4) is 0 Å². The number of carbonyl (C=O) groups is 2. The zero-order valence-electron chi connectivity index (χ0n) is 9.41. The van der Waals surface area contributed by atoms with Gasteiger partial charge in [0.05, 0.1) is 6.61 Å². The van der Waals surface area contributed by atoms with Crippen LogP contribution >= 0.6 is 0 Å². The van der Waals surface area contributed by atoms with Crippen LogP contribution in [0.25, 0.3) is 0 Å². The van der Waals surface area contributed by atoms with Crippen molar-refractivity contribution in [3.05, 3.63) is 0 Å². The zero-order chi connectivity index (χ0) is 11.7. The number of amides is 1. The highest BCUT2D eigenvalue weighted by Crippen LogP contribution is 2.00. The standard InChI is InChI=1S/C10H20N2O3/c1-3-7-15-10(14)9(5-4-6-11)12-8(2)13/h9H,3-7,11H2,1-2H3,(H,12,13)/t9-/m0/s1. The summed E-state index contributed by atoms with van der Waals surface area (Å²) >= 11 is 0. The summed E-state index contributed by atoms with van der Waals surface area (Å²) in [5.41, 5.74) is 5.34. The summed E-state index contributed by atoms with van der Waals surface area (Å²) < 4.78 is 4.96. The number of esters is 1. The molecular formula is C10H20N2O3. The van der Waals surface area contributed by atoms with Crippen molar-refractivity contribution in [1.29, 1.82) is 0 Å². The van der Waals surface area contributed by atoms with Crippen LogP contribution in [0, 0.1) is 0 Å². The molecule has 1 atom stereocenters. The van der Waals surface area contributed by atoms with Crippen molar-refractivity contribution < 1.29 is 14.3 Å². The van der Waals surface area contributed by atoms with Gasteiger partial charge in [0.15, 0.2) is 0 Å². The van der Waals surface area contributed by atoms with Gasteiger partial charge in [-0.25, -0.2) is 4.79 Å². The summed E-state index contributed by atoms with van der Waals surface area (Å²) in [5, 5.41) is 2.55. The molecule has 1 amide bonds. The quantitative estimate of drug-likeness (QED) is 0.595. The first-order valence-electron chi connectivity index (χ1n) is 5.25. The monoisotopic (exact) mass is 216 g/mol. The van der Waals surface area contributed by atoms with Crippen molar-refractivity contribution in [2.75, 3.05) is 13.2 Å². The summed E-state index contributed by atoms with van der Waals surface area (Å²) in [6.07, 6.45) is 1.99. The molecule has 0 fully saturated rings. The van der Waals surface area contributed by atoms with Gasteiger partial charge in [0, 0.05) is 6.92 Å². The average molecular weight is 216 g/mol. The molecule has 5 heteroatoms. The minimum absolute atomic E-state index is 0.231. The Balaban J connectivity index is 4.07. The molecule has 0 aliphatic heterocycles. The fourth-order valence-electron chi connectivity index (χ4n) is 1.12. The van der Waals surface area contributed by atoms with Crippen molar-refractivity contribution >= 4 is 11.9 Å². The van der Waals surface area contributed by atoms with E-state index in [9.17, 15) is 9.59 Å². The fourth-order valence-corrected chi connectivity index (χ4v) is 1.12. The SMILES string of the molecule is CCCOC(=O)[C@H](CCCN)NC(C)=O. The maximum atomic E-state index is 11.5. The third kappa shape index (κ3) is 6.90. The largest absolute Gasteiger partial charge is 0.464 e. The predicted molar refractivity (Wildman–Crippen MR) is 57.1 cm³/mol. The van der Waals surface area contributed by atoms with Crippen LogP contribution < -0.4 is 11.1 Å². The van der Waals surface area contributed by atoms with Gasteiger partial charge in [0.1, 0.15) is 6.04 Å². The topological polar surface area (TPSA) is 81.4 Å². The average Bonchev–Trinajstić information content (AvgIpc) is 2.20. The minimum Gasteiger partial charge on any atom is -0.464 e. The van der Waals surface area contributed by atoms with Crippen LogP contribution in [0.5, 0.6) is 0 Å². The van der Waals surface area contributed by atoms with E-state index in [2.05, 4.69) is 5.32 Å². The maximum Gasteiger partial charge on any atom is 0.328 e. The van der Waals surface area contributed by atoms with E-state index in [-0.39, 0.29) is 11.9 Å². The molecule has 3 N–H and O–H groups in total. The second kappa shape index (κ2) is 8.23. The summed E-state index contributed by atoms with van der Waals surface area (Å²) in [7, 11) is 0. The molecule has 0 spiro atoms. The molecule has 0 aliphatic rings. The Morgan fingerprint density at radius 2 is 2.13 bits per heavy atom. The third-order valence-electron chi connectivity index (χ3n) is 1.81. The molecule has 0 saturated heterocycles. The number of rotatable bonds is 7. The van der Waals surface area contributed by atoms with Gasteiger partial charge in [0.25, 0.3) is 0 Å². The molecule has 0 aromatic carbocycles. The normalized spacial score (nSPS) is 11.9. The number of hydrogen-bond donors (Lipinski definition) is 2. The first-order chi connectivity index (χ1) is 7.11. The van der Waals surface area contributed by atoms with Gasteiger partial charge < -0.3 is 15.8 Å². The minimum atomic E-state index is -0.558. The van der Waals surface area contributed by atoms with Gasteiger partial charge in [-0.2, -0.15) is 0 Å². The molecule has 0 aliphatic carbocycles. The van der Waals surface area contributed by atoms with Gasteiger partial charge in [0.2, 0.25) is 5.91 Å². The van der Waals surface area contributed by atoms with Gasteiger partial charge in [-0.15, -0.1) is 0 Å². The van der Waals surface area contributed by atoms with Gasteiger partial charge in [-0.3, -0.25) is 4.79 Å². The van der Waals surface area contributed by atoms with Crippen LogP contribution in [0.1, 0.15) is 33.1 Å². The lowest BCUT2D eigenvalue weighted by atomic mass is 10.1. The number of nitrogens with one attached hydrogen (secondary N) is 1. The van der Waals surface area contributed by atoms with E-state index in [1.165, 1.54) is 6.92 Å².